The summed E-state index contributed by atoms with van der Waals surface area (Å²) < 4.78 is 5.69. The van der Waals surface area contributed by atoms with E-state index in [1.807, 2.05) is 90.1 Å². The first kappa shape index (κ1) is 110. The van der Waals surface area contributed by atoms with E-state index < -0.39 is 0 Å². The van der Waals surface area contributed by atoms with Crippen molar-refractivity contribution < 1.29 is 4.74 Å². The van der Waals surface area contributed by atoms with Gasteiger partial charge in [-0.15, -0.1) is 0 Å². The van der Waals surface area contributed by atoms with Gasteiger partial charge in [0.05, 0.1) is 0 Å². The van der Waals surface area contributed by atoms with Crippen molar-refractivity contribution >= 4 is 10.8 Å². The molecule has 0 saturated heterocycles. The van der Waals surface area contributed by atoms with Crippen molar-refractivity contribution in [2.24, 2.45) is 0 Å². The highest BCUT2D eigenvalue weighted by atomic mass is 16.5. The number of fused-ring (bicyclic) bond motifs is 1. The van der Waals surface area contributed by atoms with Gasteiger partial charge in [0.15, 0.2) is 0 Å². The molecule has 704 valence electrons. The van der Waals surface area contributed by atoms with E-state index in [-0.39, 0.29) is 16.2 Å². The first-order chi connectivity index (χ1) is 65.5. The lowest BCUT2D eigenvalue weighted by molar-refractivity contribution is 0.482. The molecule has 17 aromatic carbocycles. The van der Waals surface area contributed by atoms with E-state index in [0.29, 0.717) is 11.8 Å². The summed E-state index contributed by atoms with van der Waals surface area (Å²) in [5.74, 6) is 2.73. The highest BCUT2D eigenvalue weighted by Crippen LogP contribution is 2.39. The number of rotatable bonds is 18. The van der Waals surface area contributed by atoms with Crippen LogP contribution in [0.3, 0.4) is 0 Å². The second-order valence-electron chi connectivity index (χ2n) is 36.9. The third-order valence-electron chi connectivity index (χ3n) is 25.0. The van der Waals surface area contributed by atoms with E-state index in [0.717, 1.165) is 24.3 Å². The molecule has 1 unspecified atom stereocenters. The summed E-state index contributed by atoms with van der Waals surface area (Å²) in [7, 11) is 0. The smallest absolute Gasteiger partial charge is 0.127 e. The normalized spacial score (nSPS) is 10.7. The molecule has 17 aromatic rings. The van der Waals surface area contributed by atoms with Gasteiger partial charge in [-0.05, 0) is 228 Å². The Labute approximate surface area is 824 Å². The highest BCUT2D eigenvalue weighted by molar-refractivity contribution is 5.85. The summed E-state index contributed by atoms with van der Waals surface area (Å²) in [5.41, 5.74) is 35.1. The molecule has 1 atom stereocenters. The molecule has 0 aliphatic carbocycles. The first-order valence-corrected chi connectivity index (χ1v) is 49.6. The topological polar surface area (TPSA) is 9.23 Å². The fourth-order valence-electron chi connectivity index (χ4n) is 16.0. The van der Waals surface area contributed by atoms with E-state index in [1.165, 1.54) is 168 Å². The predicted molar refractivity (Wildman–Crippen MR) is 599 cm³/mol. The van der Waals surface area contributed by atoms with Crippen LogP contribution in [0, 0.1) is 90.0 Å². The summed E-state index contributed by atoms with van der Waals surface area (Å²) in [6, 6.07) is 152. The maximum absolute atomic E-state index is 5.69. The molecule has 0 heterocycles. The van der Waals surface area contributed by atoms with Gasteiger partial charge in [-0.3, -0.25) is 0 Å². The summed E-state index contributed by atoms with van der Waals surface area (Å²) in [6.07, 6.45) is 4.52. The Morgan fingerprint density at radius 3 is 0.750 bits per heavy atom. The third-order valence-corrected chi connectivity index (χ3v) is 25.0. The highest BCUT2D eigenvalue weighted by Gasteiger charge is 2.29. The average Bonchev–Trinajstić information content (AvgIpc) is 0.790. The van der Waals surface area contributed by atoms with Crippen LogP contribution in [0.4, 0.5) is 0 Å². The number of ether oxygens (including phenoxy) is 1. The van der Waals surface area contributed by atoms with Crippen molar-refractivity contribution in [2.75, 3.05) is 0 Å². The largest absolute Gasteiger partial charge is 0.457 e. The zero-order chi connectivity index (χ0) is 99.0. The molecule has 0 aliphatic rings. The van der Waals surface area contributed by atoms with Gasteiger partial charge in [0, 0.05) is 22.2 Å². The minimum atomic E-state index is 0.0708. The molecule has 136 heavy (non-hydrogen) atoms. The van der Waals surface area contributed by atoms with Crippen molar-refractivity contribution in [1.82, 2.24) is 0 Å². The van der Waals surface area contributed by atoms with Gasteiger partial charge < -0.3 is 4.74 Å². The molecule has 0 saturated carbocycles. The van der Waals surface area contributed by atoms with Crippen molar-refractivity contribution in [3.05, 3.63) is 558 Å². The van der Waals surface area contributed by atoms with Gasteiger partial charge in [-0.2, -0.15) is 0 Å². The molecule has 0 radical (unpaired) electrons. The van der Waals surface area contributed by atoms with Gasteiger partial charge in [0.1, 0.15) is 11.5 Å². The monoisotopic (exact) mass is 1800 g/mol. The third kappa shape index (κ3) is 35.9. The van der Waals surface area contributed by atoms with Crippen LogP contribution in [0.2, 0.25) is 0 Å². The summed E-state index contributed by atoms with van der Waals surface area (Å²) in [6.45, 7) is 55.6. The Morgan fingerprint density at radius 1 is 0.235 bits per heavy atom. The van der Waals surface area contributed by atoms with Crippen LogP contribution in [0.25, 0.3) is 21.9 Å². The van der Waals surface area contributed by atoms with Crippen LogP contribution >= 0.6 is 0 Å². The van der Waals surface area contributed by atoms with E-state index in [2.05, 4.69) is 515 Å². The van der Waals surface area contributed by atoms with E-state index >= 15 is 0 Å². The predicted octanol–water partition coefficient (Wildman–Crippen LogP) is 38.9. The Hall–Kier alpha value is -13.2. The number of benzene rings is 17. The molecule has 0 N–H and O–H groups in total. The van der Waals surface area contributed by atoms with E-state index in [1.54, 1.807) is 0 Å². The van der Waals surface area contributed by atoms with Crippen molar-refractivity contribution in [3.8, 4) is 22.6 Å². The Kier molecular flexibility index (Phi) is 46.4. The maximum Gasteiger partial charge on any atom is 0.127 e. The molecular weight excluding hydrogens is 1640 g/mol. The van der Waals surface area contributed by atoms with Crippen LogP contribution in [0.1, 0.15) is 255 Å². The number of hydrogen-bond donors (Lipinski definition) is 0. The Morgan fingerprint density at radius 2 is 0.471 bits per heavy atom. The standard InChI is InChI=1S/C22H22.C19H24.2C17H20.C15H16.C14H14O.C14H14.C11H10.3C2H6/c1-18(19-11-5-2-6-12-19)17-22(20-13-7-3-8-14-20)21-15-9-4-10-16-21;1-5-14-19(4,17-10-6-15(2)7-11-17)18-12-8-16(3)9-13-18;2*1-13-5-9-15(10-6-13)17(3,4)16-11-7-14(2)8-12-16;1-12-3-7-14(8-4-12)11-15-9-5-13(2)6-10-15;1-11-3-7-13(8-4-11)15-14-9-5-12(2)6-10-14;1-11-3-7-13(8-4-11)14-9-5-12(2)6-10-14;1-9-5-4-7-10-6-2-3-8-11(9)10;3*1-2/h2-16,18,22H,17H2,1H3;6-13H,5,14H2,1-4H3;2*5-12H,1-4H3;3-10H,11H2,1-2H3;3-10H,1-2H3;3-10H,1-2H3;2-8H,1H3;3*1-2H3. The molecule has 1 heteroatoms. The molecule has 17 rings (SSSR count). The fraction of sp³-hybridized carbons (Fsp3) is 0.259. The second-order valence-corrected chi connectivity index (χ2v) is 36.9. The zero-order valence-corrected chi connectivity index (χ0v) is 87.3. The summed E-state index contributed by atoms with van der Waals surface area (Å²) in [5, 5.41) is 2.68. The lowest BCUT2D eigenvalue weighted by Gasteiger charge is -2.31. The molecule has 0 bridgehead atoms. The summed E-state index contributed by atoms with van der Waals surface area (Å²) >= 11 is 0. The number of aryl methyl sites for hydroxylation is 13. The van der Waals surface area contributed by atoms with Crippen LogP contribution in [0.5, 0.6) is 11.5 Å². The average molecular weight is 1800 g/mol. The first-order valence-electron chi connectivity index (χ1n) is 49.6. The molecule has 0 amide bonds. The molecule has 0 fully saturated rings. The van der Waals surface area contributed by atoms with Gasteiger partial charge in [-0.25, -0.2) is 0 Å². The molecular formula is C135H158O. The quantitative estimate of drug-likeness (QED) is 0.0832. The minimum absolute atomic E-state index is 0.0708. The number of hydrogen-bond acceptors (Lipinski definition) is 1. The van der Waals surface area contributed by atoms with Crippen LogP contribution in [-0.2, 0) is 22.7 Å². The second kappa shape index (κ2) is 57.5. The van der Waals surface area contributed by atoms with Crippen LogP contribution < -0.4 is 4.74 Å². The van der Waals surface area contributed by atoms with Gasteiger partial charge in [0.25, 0.3) is 0 Å². The minimum Gasteiger partial charge on any atom is -0.457 e. The summed E-state index contributed by atoms with van der Waals surface area (Å²) in [4.78, 5) is 0. The van der Waals surface area contributed by atoms with Crippen molar-refractivity contribution in [3.63, 3.8) is 0 Å². The lowest BCUT2D eigenvalue weighted by atomic mass is 9.73. The molecule has 0 aromatic heterocycles. The lowest BCUT2D eigenvalue weighted by Crippen LogP contribution is -2.23. The van der Waals surface area contributed by atoms with E-state index in [9.17, 15) is 0 Å². The van der Waals surface area contributed by atoms with Crippen LogP contribution in [-0.4, -0.2) is 0 Å². The van der Waals surface area contributed by atoms with Crippen LogP contribution in [0.15, 0.2) is 425 Å². The Balaban J connectivity index is 0.000000211. The molecule has 0 spiro atoms. The molecule has 0 aliphatic heterocycles. The SMILES string of the molecule is CC.CC.CC.CC(CC(c1ccccc1)c1ccccc1)c1ccccc1.CCCC(C)(c1ccc(C)cc1)c1ccc(C)cc1.Cc1ccc(-c2ccc(C)cc2)cc1.Cc1ccc(C(C)(C)c2ccc(C)cc2)cc1.Cc1ccc(C(C)(C)c2ccc(C)cc2)cc1.Cc1ccc(Cc2ccc(C)cc2)cc1.Cc1ccc(Oc2ccc(C)cc2)cc1.Cc1cccc2ccccc12. The van der Waals surface area contributed by atoms with Gasteiger partial charge in [0.2, 0.25) is 0 Å². The van der Waals surface area contributed by atoms with Crippen molar-refractivity contribution in [1.29, 1.82) is 0 Å². The van der Waals surface area contributed by atoms with Crippen molar-refractivity contribution in [2.45, 2.75) is 234 Å². The zero-order valence-electron chi connectivity index (χ0n) is 87.3. The van der Waals surface area contributed by atoms with Gasteiger partial charge >= 0.3 is 0 Å². The fourth-order valence-corrected chi connectivity index (χ4v) is 16.0. The maximum atomic E-state index is 5.69. The van der Waals surface area contributed by atoms with E-state index in [4.69, 9.17) is 4.74 Å². The molecule has 1 nitrogen and oxygen atoms in total. The Bertz CT molecular complexity index is 5590. The van der Waals surface area contributed by atoms with Gasteiger partial charge in [-0.1, -0.05) is 564 Å².